The van der Waals surface area contributed by atoms with Crippen molar-refractivity contribution in [2.45, 2.75) is 45.2 Å². The summed E-state index contributed by atoms with van der Waals surface area (Å²) in [7, 11) is 1.56. The third-order valence-electron chi connectivity index (χ3n) is 5.69. The van der Waals surface area contributed by atoms with E-state index in [1.54, 1.807) is 24.1 Å². The van der Waals surface area contributed by atoms with E-state index in [1.165, 1.54) is 6.92 Å². The number of likely N-dealkylation sites (tertiary alicyclic amines) is 1. The molecule has 0 aliphatic carbocycles. The molecule has 8 nitrogen and oxygen atoms in total. The zero-order chi connectivity index (χ0) is 23.8. The van der Waals surface area contributed by atoms with Gasteiger partial charge in [-0.15, -0.1) is 0 Å². The van der Waals surface area contributed by atoms with E-state index in [9.17, 15) is 14.4 Å². The number of para-hydroxylation sites is 2. The average Bonchev–Trinajstić information content (AvgIpc) is 2.79. The van der Waals surface area contributed by atoms with E-state index in [0.29, 0.717) is 43.8 Å². The summed E-state index contributed by atoms with van der Waals surface area (Å²) in [4.78, 5) is 39.0. The van der Waals surface area contributed by atoms with Crippen molar-refractivity contribution in [1.82, 2.24) is 15.5 Å². The summed E-state index contributed by atoms with van der Waals surface area (Å²) < 4.78 is 5.28. The van der Waals surface area contributed by atoms with Crippen molar-refractivity contribution >= 4 is 23.5 Å². The molecule has 0 bridgehead atoms. The smallest absolute Gasteiger partial charge is 0.321 e. The van der Waals surface area contributed by atoms with Gasteiger partial charge in [0.15, 0.2) is 0 Å². The van der Waals surface area contributed by atoms with Crippen LogP contribution in [0.5, 0.6) is 5.75 Å². The number of carbonyl (C=O) groups excluding carboxylic acids is 3. The molecule has 176 valence electrons. The van der Waals surface area contributed by atoms with E-state index in [2.05, 4.69) is 16.0 Å². The van der Waals surface area contributed by atoms with Gasteiger partial charge in [-0.2, -0.15) is 0 Å². The molecule has 0 spiro atoms. The van der Waals surface area contributed by atoms with Crippen molar-refractivity contribution in [1.29, 1.82) is 0 Å². The molecule has 2 aromatic rings. The van der Waals surface area contributed by atoms with E-state index < -0.39 is 6.04 Å². The van der Waals surface area contributed by atoms with E-state index in [4.69, 9.17) is 4.74 Å². The van der Waals surface area contributed by atoms with Crippen LogP contribution in [0, 0.1) is 6.92 Å². The van der Waals surface area contributed by atoms with E-state index in [0.717, 1.165) is 11.1 Å². The SMILES string of the molecule is COc1ccccc1NC(=O)N1CCC(NC(=O)C(Cc2cccc(C)c2)NC(C)=O)CC1. The Bertz CT molecular complexity index is 986. The number of nitrogens with one attached hydrogen (secondary N) is 3. The highest BCUT2D eigenvalue weighted by Crippen LogP contribution is 2.24. The maximum absolute atomic E-state index is 12.9. The number of methoxy groups -OCH3 is 1. The topological polar surface area (TPSA) is 99.8 Å². The lowest BCUT2D eigenvalue weighted by Crippen LogP contribution is -2.53. The van der Waals surface area contributed by atoms with Crippen LogP contribution in [0.4, 0.5) is 10.5 Å². The molecule has 2 aromatic carbocycles. The Morgan fingerprint density at radius 1 is 1.09 bits per heavy atom. The molecule has 4 amide bonds. The summed E-state index contributed by atoms with van der Waals surface area (Å²) in [5.74, 6) is 0.153. The van der Waals surface area contributed by atoms with Gasteiger partial charge >= 0.3 is 6.03 Å². The van der Waals surface area contributed by atoms with Crippen molar-refractivity contribution in [2.24, 2.45) is 0 Å². The Balaban J connectivity index is 1.53. The summed E-state index contributed by atoms with van der Waals surface area (Å²) in [6, 6.07) is 14.3. The second-order valence-electron chi connectivity index (χ2n) is 8.35. The van der Waals surface area contributed by atoms with Gasteiger partial charge in [0.2, 0.25) is 11.8 Å². The van der Waals surface area contributed by atoms with Gasteiger partial charge in [-0.25, -0.2) is 4.79 Å². The van der Waals surface area contributed by atoms with Crippen molar-refractivity contribution in [3.63, 3.8) is 0 Å². The lowest BCUT2D eigenvalue weighted by molar-refractivity contribution is -0.128. The van der Waals surface area contributed by atoms with Crippen LogP contribution in [0.15, 0.2) is 48.5 Å². The second kappa shape index (κ2) is 11.4. The lowest BCUT2D eigenvalue weighted by atomic mass is 10.0. The number of carbonyl (C=O) groups is 3. The number of amides is 4. The fourth-order valence-corrected chi connectivity index (χ4v) is 4.00. The molecule has 1 saturated heterocycles. The molecular formula is C25H32N4O4. The number of piperidine rings is 1. The maximum atomic E-state index is 12.9. The number of ether oxygens (including phenoxy) is 1. The molecule has 3 rings (SSSR count). The normalized spacial score (nSPS) is 14.8. The maximum Gasteiger partial charge on any atom is 0.321 e. The number of benzene rings is 2. The molecule has 33 heavy (non-hydrogen) atoms. The van der Waals surface area contributed by atoms with Crippen molar-refractivity contribution in [3.05, 3.63) is 59.7 Å². The van der Waals surface area contributed by atoms with Crippen LogP contribution in [0.2, 0.25) is 0 Å². The zero-order valence-electron chi connectivity index (χ0n) is 19.4. The Kier molecular flexibility index (Phi) is 8.29. The quantitative estimate of drug-likeness (QED) is 0.601. The summed E-state index contributed by atoms with van der Waals surface area (Å²) in [5.41, 5.74) is 2.72. The number of aryl methyl sites for hydroxylation is 1. The van der Waals surface area contributed by atoms with Gasteiger partial charge in [-0.3, -0.25) is 9.59 Å². The molecule has 0 aromatic heterocycles. The Morgan fingerprint density at radius 3 is 2.48 bits per heavy atom. The molecule has 3 N–H and O–H groups in total. The highest BCUT2D eigenvalue weighted by atomic mass is 16.5. The number of urea groups is 1. The summed E-state index contributed by atoms with van der Waals surface area (Å²) in [5, 5.41) is 8.71. The van der Waals surface area contributed by atoms with E-state index in [1.807, 2.05) is 43.3 Å². The third-order valence-corrected chi connectivity index (χ3v) is 5.69. The summed E-state index contributed by atoms with van der Waals surface area (Å²) in [6.45, 7) is 4.45. The predicted molar refractivity (Wildman–Crippen MR) is 127 cm³/mol. The molecule has 0 radical (unpaired) electrons. The number of hydrogen-bond acceptors (Lipinski definition) is 4. The van der Waals surface area contributed by atoms with Crippen LogP contribution in [0.3, 0.4) is 0 Å². The predicted octanol–water partition coefficient (Wildman–Crippen LogP) is 2.86. The average molecular weight is 453 g/mol. The molecule has 1 aliphatic rings. The number of rotatable bonds is 7. The van der Waals surface area contributed by atoms with Crippen LogP contribution in [-0.2, 0) is 16.0 Å². The largest absolute Gasteiger partial charge is 0.495 e. The molecule has 0 saturated carbocycles. The number of nitrogens with zero attached hydrogens (tertiary/aromatic N) is 1. The fourth-order valence-electron chi connectivity index (χ4n) is 4.00. The van der Waals surface area contributed by atoms with E-state index >= 15 is 0 Å². The molecule has 8 heteroatoms. The Morgan fingerprint density at radius 2 is 1.82 bits per heavy atom. The molecule has 1 fully saturated rings. The summed E-state index contributed by atoms with van der Waals surface area (Å²) in [6.07, 6.45) is 1.71. The number of hydrogen-bond donors (Lipinski definition) is 3. The first-order valence-electron chi connectivity index (χ1n) is 11.2. The van der Waals surface area contributed by atoms with Crippen LogP contribution >= 0.6 is 0 Å². The van der Waals surface area contributed by atoms with Crippen LogP contribution < -0.4 is 20.7 Å². The summed E-state index contributed by atoms with van der Waals surface area (Å²) >= 11 is 0. The second-order valence-corrected chi connectivity index (χ2v) is 8.35. The van der Waals surface area contributed by atoms with Gasteiger partial charge in [-0.1, -0.05) is 42.0 Å². The molecule has 1 aliphatic heterocycles. The van der Waals surface area contributed by atoms with E-state index in [-0.39, 0.29) is 23.9 Å². The minimum Gasteiger partial charge on any atom is -0.495 e. The molecule has 1 unspecified atom stereocenters. The lowest BCUT2D eigenvalue weighted by Gasteiger charge is -2.33. The highest BCUT2D eigenvalue weighted by Gasteiger charge is 2.27. The minimum absolute atomic E-state index is 0.0541. The van der Waals surface area contributed by atoms with Crippen molar-refractivity contribution < 1.29 is 19.1 Å². The first-order valence-corrected chi connectivity index (χ1v) is 11.2. The highest BCUT2D eigenvalue weighted by molar-refractivity contribution is 5.91. The van der Waals surface area contributed by atoms with Crippen LogP contribution in [0.1, 0.15) is 30.9 Å². The standard InChI is InChI=1S/C25H32N4O4/c1-17-7-6-8-19(15-17)16-22(26-18(2)30)24(31)27-20-11-13-29(14-12-20)25(32)28-21-9-4-5-10-23(21)33-3/h4-10,15,20,22H,11-14,16H2,1-3H3,(H,26,30)(H,27,31)(H,28,32). The zero-order valence-corrected chi connectivity index (χ0v) is 19.4. The van der Waals surface area contributed by atoms with Crippen molar-refractivity contribution in [3.8, 4) is 5.75 Å². The third kappa shape index (κ3) is 6.97. The molecular weight excluding hydrogens is 420 g/mol. The number of anilines is 1. The van der Waals surface area contributed by atoms with Gasteiger partial charge in [0.05, 0.1) is 12.8 Å². The minimum atomic E-state index is -0.642. The first-order chi connectivity index (χ1) is 15.9. The van der Waals surface area contributed by atoms with Crippen molar-refractivity contribution in [2.75, 3.05) is 25.5 Å². The Hall–Kier alpha value is -3.55. The molecule has 1 heterocycles. The van der Waals surface area contributed by atoms with Gasteiger partial charge in [-0.05, 0) is 37.5 Å². The Labute approximate surface area is 194 Å². The van der Waals surface area contributed by atoms with Crippen LogP contribution in [0.25, 0.3) is 0 Å². The van der Waals surface area contributed by atoms with Gasteiger partial charge in [0, 0.05) is 32.5 Å². The monoisotopic (exact) mass is 452 g/mol. The van der Waals surface area contributed by atoms with Gasteiger partial charge in [0.1, 0.15) is 11.8 Å². The fraction of sp³-hybridized carbons (Fsp3) is 0.400. The van der Waals surface area contributed by atoms with Crippen LogP contribution in [-0.4, -0.2) is 55.0 Å². The first kappa shape index (κ1) is 24.1. The van der Waals surface area contributed by atoms with Gasteiger partial charge in [0.25, 0.3) is 0 Å². The molecule has 1 atom stereocenters. The van der Waals surface area contributed by atoms with Gasteiger partial charge < -0.3 is 25.6 Å².